The maximum absolute atomic E-state index is 13.3. The molecule has 0 aliphatic rings. The van der Waals surface area contributed by atoms with E-state index in [1.807, 2.05) is 13.8 Å². The van der Waals surface area contributed by atoms with Gasteiger partial charge in [0.1, 0.15) is 5.82 Å². The van der Waals surface area contributed by atoms with Crippen molar-refractivity contribution in [2.75, 3.05) is 19.8 Å². The average molecular weight is 287 g/mol. The molecule has 0 aliphatic carbocycles. The fraction of sp³-hybridized carbons (Fsp3) is 0.600. The smallest absolute Gasteiger partial charge is 0.167 e. The molecule has 0 spiro atoms. The van der Waals surface area contributed by atoms with Crippen LogP contribution in [-0.4, -0.2) is 30.4 Å². The van der Waals surface area contributed by atoms with Crippen molar-refractivity contribution in [2.24, 2.45) is 0 Å². The molecule has 1 aromatic rings. The van der Waals surface area contributed by atoms with Gasteiger partial charge in [0.25, 0.3) is 0 Å². The van der Waals surface area contributed by atoms with Crippen LogP contribution in [0.1, 0.15) is 33.1 Å². The van der Waals surface area contributed by atoms with E-state index in [0.717, 1.165) is 31.9 Å². The highest BCUT2D eigenvalue weighted by molar-refractivity contribution is 5.24. The second-order valence-corrected chi connectivity index (χ2v) is 5.13. The largest absolute Gasteiger partial charge is 0.491 e. The van der Waals surface area contributed by atoms with Gasteiger partial charge in [0.2, 0.25) is 0 Å². The van der Waals surface area contributed by atoms with Crippen molar-refractivity contribution in [3.05, 3.63) is 29.8 Å². The summed E-state index contributed by atoms with van der Waals surface area (Å²) in [6.07, 6.45) is 2.41. The number of nitrogens with one attached hydrogen (secondary N) is 1. The minimum Gasteiger partial charge on any atom is -0.491 e. The van der Waals surface area contributed by atoms with Crippen LogP contribution in [0, 0.1) is 11.6 Å². The van der Waals surface area contributed by atoms with Crippen LogP contribution in [0.2, 0.25) is 0 Å². The summed E-state index contributed by atoms with van der Waals surface area (Å²) in [4.78, 5) is 0. The van der Waals surface area contributed by atoms with E-state index < -0.39 is 11.6 Å². The van der Waals surface area contributed by atoms with Gasteiger partial charge in [-0.1, -0.05) is 6.92 Å². The van der Waals surface area contributed by atoms with Crippen molar-refractivity contribution in [3.63, 3.8) is 0 Å². The first-order valence-electron chi connectivity index (χ1n) is 6.94. The van der Waals surface area contributed by atoms with Crippen LogP contribution in [0.25, 0.3) is 0 Å². The molecule has 5 heteroatoms. The zero-order valence-electron chi connectivity index (χ0n) is 12.1. The molecule has 114 valence electrons. The number of hydrogen-bond acceptors (Lipinski definition) is 3. The summed E-state index contributed by atoms with van der Waals surface area (Å²) in [6, 6.07) is 3.27. The van der Waals surface area contributed by atoms with E-state index in [2.05, 4.69) is 5.32 Å². The highest BCUT2D eigenvalue weighted by Gasteiger charge is 2.20. The van der Waals surface area contributed by atoms with E-state index in [-0.39, 0.29) is 17.9 Å². The van der Waals surface area contributed by atoms with Crippen LogP contribution >= 0.6 is 0 Å². The maximum Gasteiger partial charge on any atom is 0.167 e. The Kier molecular flexibility index (Phi) is 6.88. The van der Waals surface area contributed by atoms with Crippen LogP contribution < -0.4 is 10.1 Å². The third-order valence-electron chi connectivity index (χ3n) is 3.23. The number of hydrogen-bond donors (Lipinski definition) is 2. The van der Waals surface area contributed by atoms with E-state index in [0.29, 0.717) is 6.61 Å². The lowest BCUT2D eigenvalue weighted by Gasteiger charge is -2.28. The molecule has 1 unspecified atom stereocenters. The molecule has 2 N–H and O–H groups in total. The first-order valence-corrected chi connectivity index (χ1v) is 6.94. The van der Waals surface area contributed by atoms with Gasteiger partial charge in [-0.2, -0.15) is 0 Å². The van der Waals surface area contributed by atoms with Crippen molar-refractivity contribution in [3.8, 4) is 5.75 Å². The van der Waals surface area contributed by atoms with Gasteiger partial charge in [0.05, 0.1) is 13.2 Å². The molecular formula is C15H23F2NO2. The van der Waals surface area contributed by atoms with Gasteiger partial charge >= 0.3 is 0 Å². The minimum atomic E-state index is -0.683. The van der Waals surface area contributed by atoms with E-state index in [1.54, 1.807) is 0 Å². The van der Waals surface area contributed by atoms with Gasteiger partial charge in [-0.25, -0.2) is 8.78 Å². The number of aliphatic hydroxyl groups is 1. The zero-order chi connectivity index (χ0) is 15.0. The predicted molar refractivity (Wildman–Crippen MR) is 74.9 cm³/mol. The van der Waals surface area contributed by atoms with E-state index in [1.165, 1.54) is 12.1 Å². The number of halogens is 2. The molecule has 0 amide bonds. The van der Waals surface area contributed by atoms with Crippen LogP contribution in [0.15, 0.2) is 18.2 Å². The van der Waals surface area contributed by atoms with Crippen molar-refractivity contribution in [1.82, 2.24) is 5.32 Å². The quantitative estimate of drug-likeness (QED) is 0.686. The van der Waals surface area contributed by atoms with Gasteiger partial charge in [0.15, 0.2) is 11.6 Å². The summed E-state index contributed by atoms with van der Waals surface area (Å²) in [6.45, 7) is 5.21. The summed E-state index contributed by atoms with van der Waals surface area (Å²) in [7, 11) is 0. The lowest BCUT2D eigenvalue weighted by molar-refractivity contribution is 0.162. The van der Waals surface area contributed by atoms with Crippen LogP contribution in [0.3, 0.4) is 0 Å². The van der Waals surface area contributed by atoms with Crippen LogP contribution in [0.5, 0.6) is 5.75 Å². The number of aliphatic hydroxyl groups excluding tert-OH is 1. The molecule has 1 rings (SSSR count). The number of rotatable bonds is 9. The molecular weight excluding hydrogens is 264 g/mol. The standard InChI is InChI=1S/C15H23F2NO2/c1-3-18-15(2,11-19)8-4-5-9-20-14-7-6-12(16)10-13(14)17/h6-7,10,18-19H,3-5,8-9,11H2,1-2H3. The Morgan fingerprint density at radius 1 is 1.30 bits per heavy atom. The summed E-state index contributed by atoms with van der Waals surface area (Å²) in [5, 5.41) is 12.6. The highest BCUT2D eigenvalue weighted by atomic mass is 19.1. The topological polar surface area (TPSA) is 41.5 Å². The molecule has 1 aromatic carbocycles. The molecule has 3 nitrogen and oxygen atoms in total. The second-order valence-electron chi connectivity index (χ2n) is 5.13. The van der Waals surface area contributed by atoms with Crippen LogP contribution in [-0.2, 0) is 0 Å². The normalized spacial score (nSPS) is 14.1. The number of unbranched alkanes of at least 4 members (excludes halogenated alkanes) is 1. The third-order valence-corrected chi connectivity index (χ3v) is 3.23. The van der Waals surface area contributed by atoms with Gasteiger partial charge in [-0.15, -0.1) is 0 Å². The fourth-order valence-electron chi connectivity index (χ4n) is 2.04. The lowest BCUT2D eigenvalue weighted by Crippen LogP contribution is -2.45. The highest BCUT2D eigenvalue weighted by Crippen LogP contribution is 2.18. The van der Waals surface area contributed by atoms with Crippen molar-refractivity contribution in [1.29, 1.82) is 0 Å². The zero-order valence-corrected chi connectivity index (χ0v) is 12.1. The SMILES string of the molecule is CCNC(C)(CO)CCCCOc1ccc(F)cc1F. The average Bonchev–Trinajstić information content (AvgIpc) is 2.41. The number of likely N-dealkylation sites (N-methyl/N-ethyl adjacent to an activating group) is 1. The van der Waals surface area contributed by atoms with Crippen molar-refractivity contribution < 1.29 is 18.6 Å². The maximum atomic E-state index is 13.3. The molecule has 0 saturated heterocycles. The summed E-state index contributed by atoms with van der Waals surface area (Å²) >= 11 is 0. The fourth-order valence-corrected chi connectivity index (χ4v) is 2.04. The molecule has 0 saturated carbocycles. The number of ether oxygens (including phenoxy) is 1. The monoisotopic (exact) mass is 287 g/mol. The Balaban J connectivity index is 2.28. The summed E-state index contributed by atoms with van der Waals surface area (Å²) < 4.78 is 31.3. The first-order chi connectivity index (χ1) is 9.50. The van der Waals surface area contributed by atoms with Gasteiger partial charge < -0.3 is 15.2 Å². The lowest BCUT2D eigenvalue weighted by atomic mass is 9.96. The molecule has 1 atom stereocenters. The summed E-state index contributed by atoms with van der Waals surface area (Å²) in [5.74, 6) is -1.22. The Labute approximate surface area is 119 Å². The minimum absolute atomic E-state index is 0.0722. The van der Waals surface area contributed by atoms with Gasteiger partial charge in [-0.05, 0) is 44.9 Å². The third kappa shape index (κ3) is 5.43. The molecule has 20 heavy (non-hydrogen) atoms. The van der Waals surface area contributed by atoms with Gasteiger partial charge in [0, 0.05) is 11.6 Å². The Morgan fingerprint density at radius 2 is 2.05 bits per heavy atom. The molecule has 0 fully saturated rings. The summed E-state index contributed by atoms with van der Waals surface area (Å²) in [5.41, 5.74) is -0.282. The van der Waals surface area contributed by atoms with Crippen molar-refractivity contribution in [2.45, 2.75) is 38.6 Å². The van der Waals surface area contributed by atoms with E-state index in [4.69, 9.17) is 4.74 Å². The number of benzene rings is 1. The van der Waals surface area contributed by atoms with Crippen molar-refractivity contribution >= 4 is 0 Å². The molecule has 0 aliphatic heterocycles. The predicted octanol–water partition coefficient (Wildman–Crippen LogP) is 2.87. The van der Waals surface area contributed by atoms with Gasteiger partial charge in [-0.3, -0.25) is 0 Å². The Hall–Kier alpha value is -1.20. The molecule has 0 radical (unpaired) electrons. The second kappa shape index (κ2) is 8.17. The van der Waals surface area contributed by atoms with E-state index in [9.17, 15) is 13.9 Å². The van der Waals surface area contributed by atoms with E-state index >= 15 is 0 Å². The first kappa shape index (κ1) is 16.9. The molecule has 0 bridgehead atoms. The van der Waals surface area contributed by atoms with Crippen LogP contribution in [0.4, 0.5) is 8.78 Å². The molecule has 0 aromatic heterocycles. The Morgan fingerprint density at radius 3 is 2.65 bits per heavy atom. The molecule has 0 heterocycles. The Bertz CT molecular complexity index is 415.